The highest BCUT2D eigenvalue weighted by molar-refractivity contribution is 5.92. The summed E-state index contributed by atoms with van der Waals surface area (Å²) in [6.07, 6.45) is 0. The van der Waals surface area contributed by atoms with Crippen LogP contribution in [0.15, 0.2) is 72.8 Å². The second-order valence-corrected chi connectivity index (χ2v) is 5.96. The minimum Gasteiger partial charge on any atom is -0.497 e. The van der Waals surface area contributed by atoms with Crippen LogP contribution in [0.25, 0.3) is 11.1 Å². The molecule has 4 heteroatoms. The molecule has 0 saturated heterocycles. The fraction of sp³-hybridized carbons (Fsp3) is 0.136. The number of carbonyl (C=O) groups is 1. The van der Waals surface area contributed by atoms with Gasteiger partial charge in [0.2, 0.25) is 0 Å². The Bertz CT molecular complexity index is 871. The molecule has 3 aromatic rings. The Balaban J connectivity index is 1.55. The summed E-state index contributed by atoms with van der Waals surface area (Å²) < 4.78 is 10.7. The van der Waals surface area contributed by atoms with Crippen molar-refractivity contribution in [1.82, 2.24) is 0 Å². The molecule has 0 spiro atoms. The van der Waals surface area contributed by atoms with Crippen LogP contribution < -0.4 is 14.8 Å². The first-order valence-corrected chi connectivity index (χ1v) is 8.38. The average molecular weight is 347 g/mol. The summed E-state index contributed by atoms with van der Waals surface area (Å²) in [5.74, 6) is 1.12. The predicted octanol–water partition coefficient (Wildman–Crippen LogP) is 4.69. The largest absolute Gasteiger partial charge is 0.497 e. The van der Waals surface area contributed by atoms with Crippen LogP contribution in [-0.4, -0.2) is 19.6 Å². The summed E-state index contributed by atoms with van der Waals surface area (Å²) in [7, 11) is 1.59. The molecule has 0 radical (unpaired) electrons. The van der Waals surface area contributed by atoms with Crippen molar-refractivity contribution in [2.24, 2.45) is 0 Å². The molecule has 0 heterocycles. The number of benzene rings is 3. The van der Waals surface area contributed by atoms with Gasteiger partial charge in [-0.05, 0) is 42.3 Å². The van der Waals surface area contributed by atoms with Crippen molar-refractivity contribution in [2.75, 3.05) is 19.0 Å². The number of amides is 1. The lowest BCUT2D eigenvalue weighted by atomic mass is 10.0. The molecule has 1 amide bonds. The highest BCUT2D eigenvalue weighted by atomic mass is 16.5. The van der Waals surface area contributed by atoms with Crippen molar-refractivity contribution in [2.45, 2.75) is 6.92 Å². The third-order valence-corrected chi connectivity index (χ3v) is 3.96. The summed E-state index contributed by atoms with van der Waals surface area (Å²) in [6, 6.07) is 23.3. The number of rotatable bonds is 6. The fourth-order valence-electron chi connectivity index (χ4n) is 2.54. The van der Waals surface area contributed by atoms with E-state index in [2.05, 4.69) is 36.5 Å². The summed E-state index contributed by atoms with van der Waals surface area (Å²) in [5.41, 5.74) is 4.17. The Hall–Kier alpha value is -3.27. The Morgan fingerprint density at radius 3 is 2.19 bits per heavy atom. The molecular formula is C22H21NO3. The lowest BCUT2D eigenvalue weighted by molar-refractivity contribution is -0.118. The van der Waals surface area contributed by atoms with Crippen LogP contribution in [-0.2, 0) is 4.79 Å². The van der Waals surface area contributed by atoms with Crippen molar-refractivity contribution < 1.29 is 14.3 Å². The molecule has 0 fully saturated rings. The quantitative estimate of drug-likeness (QED) is 0.704. The van der Waals surface area contributed by atoms with E-state index in [1.165, 1.54) is 5.56 Å². The third-order valence-electron chi connectivity index (χ3n) is 3.96. The maximum Gasteiger partial charge on any atom is 0.262 e. The van der Waals surface area contributed by atoms with Gasteiger partial charge in [0, 0.05) is 11.8 Å². The zero-order valence-corrected chi connectivity index (χ0v) is 14.9. The minimum absolute atomic E-state index is 0.0545. The molecular weight excluding hydrogens is 326 g/mol. The number of nitrogens with one attached hydrogen (secondary N) is 1. The van der Waals surface area contributed by atoms with Crippen molar-refractivity contribution >= 4 is 11.6 Å². The normalized spacial score (nSPS) is 10.2. The Labute approximate surface area is 153 Å². The van der Waals surface area contributed by atoms with Gasteiger partial charge in [-0.15, -0.1) is 0 Å². The van der Waals surface area contributed by atoms with E-state index < -0.39 is 0 Å². The maximum atomic E-state index is 12.0. The molecule has 0 bridgehead atoms. The van der Waals surface area contributed by atoms with Crippen molar-refractivity contribution in [3.05, 3.63) is 78.4 Å². The molecule has 0 atom stereocenters. The van der Waals surface area contributed by atoms with Crippen molar-refractivity contribution in [1.29, 1.82) is 0 Å². The Morgan fingerprint density at radius 2 is 1.54 bits per heavy atom. The molecule has 0 aliphatic rings. The van der Waals surface area contributed by atoms with Gasteiger partial charge in [-0.25, -0.2) is 0 Å². The third kappa shape index (κ3) is 4.63. The monoisotopic (exact) mass is 347 g/mol. The lowest BCUT2D eigenvalue weighted by Gasteiger charge is -2.09. The van der Waals surface area contributed by atoms with E-state index in [1.54, 1.807) is 19.2 Å². The molecule has 0 unspecified atom stereocenters. The molecule has 3 aromatic carbocycles. The summed E-state index contributed by atoms with van der Waals surface area (Å²) in [6.45, 7) is 2.01. The lowest BCUT2D eigenvalue weighted by Crippen LogP contribution is -2.20. The molecule has 0 saturated carbocycles. The van der Waals surface area contributed by atoms with Gasteiger partial charge < -0.3 is 14.8 Å². The van der Waals surface area contributed by atoms with Crippen LogP contribution >= 0.6 is 0 Å². The second-order valence-electron chi connectivity index (χ2n) is 5.96. The first-order chi connectivity index (χ1) is 12.6. The van der Waals surface area contributed by atoms with E-state index in [4.69, 9.17) is 9.47 Å². The molecule has 0 aromatic heterocycles. The molecule has 26 heavy (non-hydrogen) atoms. The van der Waals surface area contributed by atoms with Gasteiger partial charge in [0.15, 0.2) is 6.61 Å². The number of hydrogen-bond donors (Lipinski definition) is 1. The Kier molecular flexibility index (Phi) is 5.54. The van der Waals surface area contributed by atoms with Crippen LogP contribution in [0.1, 0.15) is 5.56 Å². The number of methoxy groups -OCH3 is 1. The maximum absolute atomic E-state index is 12.0. The van der Waals surface area contributed by atoms with Gasteiger partial charge in [0.25, 0.3) is 5.91 Å². The topological polar surface area (TPSA) is 47.6 Å². The zero-order chi connectivity index (χ0) is 18.4. The first-order valence-electron chi connectivity index (χ1n) is 8.38. The molecule has 1 N–H and O–H groups in total. The van der Waals surface area contributed by atoms with E-state index in [0.717, 1.165) is 11.1 Å². The zero-order valence-electron chi connectivity index (χ0n) is 14.9. The standard InChI is InChI=1S/C22H21NO3/c1-16-6-8-17(9-7-16)18-10-12-20(13-11-18)26-15-22(24)23-19-4-3-5-21(14-19)25-2/h3-14H,15H2,1-2H3,(H,23,24). The van der Waals surface area contributed by atoms with Crippen molar-refractivity contribution in [3.63, 3.8) is 0 Å². The van der Waals surface area contributed by atoms with Gasteiger partial charge in [-0.1, -0.05) is 48.0 Å². The molecule has 4 nitrogen and oxygen atoms in total. The van der Waals surface area contributed by atoms with Gasteiger partial charge in [0.1, 0.15) is 11.5 Å². The predicted molar refractivity (Wildman–Crippen MR) is 104 cm³/mol. The van der Waals surface area contributed by atoms with Crippen LogP contribution in [0, 0.1) is 6.92 Å². The average Bonchev–Trinajstić information content (AvgIpc) is 2.67. The van der Waals surface area contributed by atoms with Crippen LogP contribution in [0.2, 0.25) is 0 Å². The van der Waals surface area contributed by atoms with Gasteiger partial charge in [0.05, 0.1) is 7.11 Å². The summed E-state index contributed by atoms with van der Waals surface area (Å²) >= 11 is 0. The SMILES string of the molecule is COc1cccc(NC(=O)COc2ccc(-c3ccc(C)cc3)cc2)c1. The number of anilines is 1. The highest BCUT2D eigenvalue weighted by Crippen LogP contribution is 2.23. The minimum atomic E-state index is -0.221. The molecule has 0 aliphatic heterocycles. The van der Waals surface area contributed by atoms with E-state index in [-0.39, 0.29) is 12.5 Å². The Morgan fingerprint density at radius 1 is 0.885 bits per heavy atom. The highest BCUT2D eigenvalue weighted by Gasteiger charge is 2.05. The number of ether oxygens (including phenoxy) is 2. The summed E-state index contributed by atoms with van der Waals surface area (Å²) in [4.78, 5) is 12.0. The van der Waals surface area contributed by atoms with Crippen LogP contribution in [0.5, 0.6) is 11.5 Å². The molecule has 0 aliphatic carbocycles. The number of hydrogen-bond acceptors (Lipinski definition) is 3. The molecule has 132 valence electrons. The number of carbonyl (C=O) groups excluding carboxylic acids is 1. The fourth-order valence-corrected chi connectivity index (χ4v) is 2.54. The summed E-state index contributed by atoms with van der Waals surface area (Å²) in [5, 5.41) is 2.79. The van der Waals surface area contributed by atoms with Crippen LogP contribution in [0.4, 0.5) is 5.69 Å². The van der Waals surface area contributed by atoms with Gasteiger partial charge in [-0.2, -0.15) is 0 Å². The van der Waals surface area contributed by atoms with Gasteiger partial charge in [-0.3, -0.25) is 4.79 Å². The van der Waals surface area contributed by atoms with Crippen molar-refractivity contribution in [3.8, 4) is 22.6 Å². The van der Waals surface area contributed by atoms with Gasteiger partial charge >= 0.3 is 0 Å². The van der Waals surface area contributed by atoms with E-state index in [1.807, 2.05) is 36.4 Å². The smallest absolute Gasteiger partial charge is 0.262 e. The van der Waals surface area contributed by atoms with E-state index in [9.17, 15) is 4.79 Å². The first kappa shape index (κ1) is 17.5. The van der Waals surface area contributed by atoms with Crippen LogP contribution in [0.3, 0.4) is 0 Å². The number of aryl methyl sites for hydroxylation is 1. The van der Waals surface area contributed by atoms with E-state index >= 15 is 0 Å². The van der Waals surface area contributed by atoms with E-state index in [0.29, 0.717) is 17.2 Å². The second kappa shape index (κ2) is 8.21. The molecule has 3 rings (SSSR count).